The van der Waals surface area contributed by atoms with E-state index in [9.17, 15) is 9.59 Å². The molecule has 0 aliphatic heterocycles. The summed E-state index contributed by atoms with van der Waals surface area (Å²) in [5.74, 6) is -0.154. The van der Waals surface area contributed by atoms with E-state index < -0.39 is 0 Å². The van der Waals surface area contributed by atoms with Crippen molar-refractivity contribution in [3.05, 3.63) is 0 Å². The summed E-state index contributed by atoms with van der Waals surface area (Å²) in [6.45, 7) is 3.55. The van der Waals surface area contributed by atoms with Gasteiger partial charge in [0.2, 0.25) is 0 Å². The van der Waals surface area contributed by atoms with Crippen LogP contribution in [0.2, 0.25) is 0 Å². The monoisotopic (exact) mass is 144 g/mol. The fourth-order valence-corrected chi connectivity index (χ4v) is 0.492. The van der Waals surface area contributed by atoms with Gasteiger partial charge in [0.15, 0.2) is 0 Å². The Morgan fingerprint density at radius 2 is 2.30 bits per heavy atom. The molecule has 3 heteroatoms. The molecule has 3 nitrogen and oxygen atoms in total. The van der Waals surface area contributed by atoms with Crippen LogP contribution in [0.3, 0.4) is 0 Å². The highest BCUT2D eigenvalue weighted by Crippen LogP contribution is 1.98. The summed E-state index contributed by atoms with van der Waals surface area (Å²) in [6.07, 6.45) is 1.28. The lowest BCUT2D eigenvalue weighted by Gasteiger charge is -2.05. The highest BCUT2D eigenvalue weighted by Gasteiger charge is 2.01. The minimum Gasteiger partial charge on any atom is -0.466 e. The summed E-state index contributed by atoms with van der Waals surface area (Å²) in [5.41, 5.74) is 0. The van der Waals surface area contributed by atoms with Crippen molar-refractivity contribution in [3.8, 4) is 0 Å². The first-order valence-electron chi connectivity index (χ1n) is 3.23. The zero-order valence-corrected chi connectivity index (χ0v) is 6.29. The molecule has 1 atom stereocenters. The minimum atomic E-state index is -0.294. The van der Waals surface area contributed by atoms with Crippen molar-refractivity contribution in [3.63, 3.8) is 0 Å². The molecule has 0 aliphatic rings. The number of hydrogen-bond donors (Lipinski definition) is 0. The molecule has 0 saturated carbocycles. The van der Waals surface area contributed by atoms with Crippen molar-refractivity contribution in [2.24, 2.45) is 5.92 Å². The van der Waals surface area contributed by atoms with E-state index in [1.165, 1.54) is 6.92 Å². The maximum Gasteiger partial charge on any atom is 0.302 e. The number of hydrogen-bond acceptors (Lipinski definition) is 3. The Labute approximate surface area is 60.4 Å². The first-order valence-corrected chi connectivity index (χ1v) is 3.23. The fraction of sp³-hybridized carbons (Fsp3) is 0.714. The van der Waals surface area contributed by atoms with Crippen LogP contribution in [0.15, 0.2) is 0 Å². The smallest absolute Gasteiger partial charge is 0.302 e. The predicted octanol–water partition coefficient (Wildman–Crippen LogP) is 0.775. The quantitative estimate of drug-likeness (QED) is 0.432. The molecule has 0 rings (SSSR count). The molecule has 0 aliphatic carbocycles. The molecule has 0 spiro atoms. The maximum absolute atomic E-state index is 10.2. The van der Waals surface area contributed by atoms with Crippen molar-refractivity contribution >= 4 is 12.3 Å². The van der Waals surface area contributed by atoms with Gasteiger partial charge in [0.25, 0.3) is 0 Å². The van der Waals surface area contributed by atoms with Gasteiger partial charge in [-0.1, -0.05) is 6.92 Å². The van der Waals surface area contributed by atoms with Gasteiger partial charge in [0.05, 0.1) is 6.61 Å². The lowest BCUT2D eigenvalue weighted by molar-refractivity contribution is -0.142. The van der Waals surface area contributed by atoms with E-state index in [1.807, 2.05) is 6.92 Å². The van der Waals surface area contributed by atoms with Gasteiger partial charge in [-0.15, -0.1) is 0 Å². The van der Waals surface area contributed by atoms with Gasteiger partial charge >= 0.3 is 5.97 Å². The van der Waals surface area contributed by atoms with Crippen LogP contribution in [0.4, 0.5) is 0 Å². The Balaban J connectivity index is 3.29. The van der Waals surface area contributed by atoms with Gasteiger partial charge in [0.1, 0.15) is 6.29 Å². The van der Waals surface area contributed by atoms with Crippen LogP contribution in [0, 0.1) is 5.92 Å². The van der Waals surface area contributed by atoms with Crippen molar-refractivity contribution < 1.29 is 14.3 Å². The average Bonchev–Trinajstić information content (AvgIpc) is 1.85. The summed E-state index contributed by atoms with van der Waals surface area (Å²) >= 11 is 0. The van der Waals surface area contributed by atoms with Crippen LogP contribution in [0.5, 0.6) is 0 Å². The zero-order chi connectivity index (χ0) is 7.98. The Kier molecular flexibility index (Phi) is 4.54. The first-order chi connectivity index (χ1) is 4.66. The molecule has 0 fully saturated rings. The number of ether oxygens (including phenoxy) is 1. The summed E-state index contributed by atoms with van der Waals surface area (Å²) in [6, 6.07) is 0. The molecular weight excluding hydrogens is 132 g/mol. The molecule has 0 bridgehead atoms. The van der Waals surface area contributed by atoms with E-state index in [4.69, 9.17) is 0 Å². The molecule has 58 valence electrons. The highest BCUT2D eigenvalue weighted by molar-refractivity contribution is 5.65. The van der Waals surface area contributed by atoms with Crippen molar-refractivity contribution in [1.82, 2.24) is 0 Å². The van der Waals surface area contributed by atoms with Gasteiger partial charge in [-0.2, -0.15) is 0 Å². The van der Waals surface area contributed by atoms with Gasteiger partial charge in [-0.05, 0) is 5.92 Å². The number of rotatable bonds is 4. The topological polar surface area (TPSA) is 43.4 Å². The molecule has 0 aromatic carbocycles. The number of carbonyl (C=O) groups is 2. The number of carbonyl (C=O) groups excluding carboxylic acids is 2. The van der Waals surface area contributed by atoms with Crippen LogP contribution in [0.1, 0.15) is 20.3 Å². The van der Waals surface area contributed by atoms with E-state index in [0.29, 0.717) is 13.0 Å². The summed E-state index contributed by atoms with van der Waals surface area (Å²) in [5, 5.41) is 0. The van der Waals surface area contributed by atoms with Crippen LogP contribution >= 0.6 is 0 Å². The summed E-state index contributed by atoms with van der Waals surface area (Å²) < 4.78 is 4.66. The van der Waals surface area contributed by atoms with E-state index in [-0.39, 0.29) is 11.9 Å². The molecule has 0 heterocycles. The Hall–Kier alpha value is -0.860. The van der Waals surface area contributed by atoms with E-state index in [0.717, 1.165) is 6.29 Å². The second-order valence-electron chi connectivity index (χ2n) is 2.31. The summed E-state index contributed by atoms with van der Waals surface area (Å²) in [7, 11) is 0. The second-order valence-corrected chi connectivity index (χ2v) is 2.31. The predicted molar refractivity (Wildman–Crippen MR) is 36.5 cm³/mol. The third kappa shape index (κ3) is 5.28. The lowest BCUT2D eigenvalue weighted by Crippen LogP contribution is -2.09. The van der Waals surface area contributed by atoms with E-state index in [1.54, 1.807) is 0 Å². The SMILES string of the molecule is CC(=O)OC[C@H](C)CC=O. The molecule has 0 amide bonds. The molecule has 10 heavy (non-hydrogen) atoms. The van der Waals surface area contributed by atoms with Crippen molar-refractivity contribution in [2.75, 3.05) is 6.61 Å². The number of esters is 1. The fourth-order valence-electron chi connectivity index (χ4n) is 0.492. The average molecular weight is 144 g/mol. The normalized spacial score (nSPS) is 12.2. The van der Waals surface area contributed by atoms with Crippen LogP contribution in [-0.2, 0) is 14.3 Å². The molecule has 0 aromatic heterocycles. The molecule has 0 saturated heterocycles. The Morgan fingerprint density at radius 1 is 1.70 bits per heavy atom. The standard InChI is InChI=1S/C7H12O3/c1-6(3-4-8)5-10-7(2)9/h4,6H,3,5H2,1-2H3/t6-/m1/s1. The molecule has 0 aromatic rings. The second kappa shape index (κ2) is 4.97. The van der Waals surface area contributed by atoms with Crippen LogP contribution in [-0.4, -0.2) is 18.9 Å². The third-order valence-electron chi connectivity index (χ3n) is 1.07. The van der Waals surface area contributed by atoms with Gasteiger partial charge in [0, 0.05) is 13.3 Å². The highest BCUT2D eigenvalue weighted by atomic mass is 16.5. The Bertz CT molecular complexity index is 120. The van der Waals surface area contributed by atoms with Gasteiger partial charge in [-0.25, -0.2) is 0 Å². The molecule has 0 N–H and O–H groups in total. The van der Waals surface area contributed by atoms with Gasteiger partial charge < -0.3 is 9.53 Å². The van der Waals surface area contributed by atoms with Crippen LogP contribution in [0.25, 0.3) is 0 Å². The molecular formula is C7H12O3. The number of aldehydes is 1. The third-order valence-corrected chi connectivity index (χ3v) is 1.07. The van der Waals surface area contributed by atoms with Crippen molar-refractivity contribution in [1.29, 1.82) is 0 Å². The molecule has 0 radical (unpaired) electrons. The van der Waals surface area contributed by atoms with Crippen molar-refractivity contribution in [2.45, 2.75) is 20.3 Å². The molecule has 0 unspecified atom stereocenters. The largest absolute Gasteiger partial charge is 0.466 e. The summed E-state index contributed by atoms with van der Waals surface area (Å²) in [4.78, 5) is 20.2. The van der Waals surface area contributed by atoms with Gasteiger partial charge in [-0.3, -0.25) is 4.79 Å². The minimum absolute atomic E-state index is 0.140. The first kappa shape index (κ1) is 9.14. The lowest BCUT2D eigenvalue weighted by atomic mass is 10.1. The Morgan fingerprint density at radius 3 is 2.70 bits per heavy atom. The van der Waals surface area contributed by atoms with Crippen LogP contribution < -0.4 is 0 Å². The zero-order valence-electron chi connectivity index (χ0n) is 6.29. The maximum atomic E-state index is 10.2. The van der Waals surface area contributed by atoms with E-state index >= 15 is 0 Å². The van der Waals surface area contributed by atoms with E-state index in [2.05, 4.69) is 4.74 Å².